The van der Waals surface area contributed by atoms with Crippen LogP contribution in [0.2, 0.25) is 5.02 Å². The van der Waals surface area contributed by atoms with Crippen molar-refractivity contribution in [2.24, 2.45) is 0 Å². The number of rotatable bonds is 4. The van der Waals surface area contributed by atoms with Crippen LogP contribution in [0.4, 0.5) is 5.69 Å². The van der Waals surface area contributed by atoms with E-state index in [1.165, 1.54) is 5.56 Å². The molecule has 2 nitrogen and oxygen atoms in total. The zero-order valence-electron chi connectivity index (χ0n) is 10.5. The number of hydrogen-bond donors (Lipinski definition) is 2. The summed E-state index contributed by atoms with van der Waals surface area (Å²) < 4.78 is 1.04. The molecular formula is C15H15BrClNO. The van der Waals surface area contributed by atoms with E-state index in [0.717, 1.165) is 15.7 Å². The fourth-order valence-electron chi connectivity index (χ4n) is 1.81. The predicted octanol–water partition coefficient (Wildman–Crippen LogP) is 4.56. The van der Waals surface area contributed by atoms with Gasteiger partial charge in [-0.2, -0.15) is 0 Å². The Morgan fingerprint density at radius 1 is 1.21 bits per heavy atom. The van der Waals surface area contributed by atoms with E-state index in [-0.39, 0.29) is 12.6 Å². The lowest BCUT2D eigenvalue weighted by atomic mass is 10.1. The maximum absolute atomic E-state index is 9.55. The number of aryl methyl sites for hydroxylation is 1. The highest BCUT2D eigenvalue weighted by atomic mass is 79.9. The Balaban J connectivity index is 2.19. The maximum atomic E-state index is 9.55. The first-order valence-electron chi connectivity index (χ1n) is 5.99. The molecule has 100 valence electrons. The number of anilines is 1. The molecule has 0 spiro atoms. The van der Waals surface area contributed by atoms with Gasteiger partial charge >= 0.3 is 0 Å². The zero-order valence-corrected chi connectivity index (χ0v) is 12.9. The third-order valence-electron chi connectivity index (χ3n) is 2.97. The van der Waals surface area contributed by atoms with Gasteiger partial charge in [-0.25, -0.2) is 0 Å². The van der Waals surface area contributed by atoms with Crippen molar-refractivity contribution in [2.75, 3.05) is 11.9 Å². The second-order valence-corrected chi connectivity index (χ2v) is 5.69. The lowest BCUT2D eigenvalue weighted by Gasteiger charge is -2.19. The highest BCUT2D eigenvalue weighted by Gasteiger charge is 2.11. The normalized spacial score (nSPS) is 12.2. The van der Waals surface area contributed by atoms with Crippen molar-refractivity contribution in [3.05, 3.63) is 63.1 Å². The molecule has 19 heavy (non-hydrogen) atoms. The summed E-state index contributed by atoms with van der Waals surface area (Å²) in [6, 6.07) is 13.4. The van der Waals surface area contributed by atoms with E-state index in [2.05, 4.69) is 21.2 Å². The molecule has 0 amide bonds. The largest absolute Gasteiger partial charge is 0.394 e. The van der Waals surface area contributed by atoms with Crippen LogP contribution < -0.4 is 5.32 Å². The first-order valence-corrected chi connectivity index (χ1v) is 7.16. The van der Waals surface area contributed by atoms with Crippen LogP contribution in [-0.4, -0.2) is 11.7 Å². The van der Waals surface area contributed by atoms with Crippen LogP contribution in [0.25, 0.3) is 0 Å². The molecule has 2 aromatic carbocycles. The average Bonchev–Trinajstić information content (AvgIpc) is 2.41. The molecule has 0 fully saturated rings. The Hall–Kier alpha value is -1.03. The van der Waals surface area contributed by atoms with Crippen LogP contribution >= 0.6 is 27.5 Å². The highest BCUT2D eigenvalue weighted by molar-refractivity contribution is 9.10. The Bertz CT molecular complexity index is 557. The van der Waals surface area contributed by atoms with Crippen LogP contribution in [0.3, 0.4) is 0 Å². The molecule has 0 aromatic heterocycles. The van der Waals surface area contributed by atoms with Crippen molar-refractivity contribution >= 4 is 33.2 Å². The first-order chi connectivity index (χ1) is 9.10. The molecule has 0 radical (unpaired) electrons. The molecule has 2 rings (SSSR count). The van der Waals surface area contributed by atoms with Crippen LogP contribution in [0.1, 0.15) is 17.2 Å². The summed E-state index contributed by atoms with van der Waals surface area (Å²) >= 11 is 9.37. The molecule has 0 saturated carbocycles. The van der Waals surface area contributed by atoms with Crippen LogP contribution in [0.5, 0.6) is 0 Å². The quantitative estimate of drug-likeness (QED) is 0.855. The van der Waals surface area contributed by atoms with E-state index in [4.69, 9.17) is 11.6 Å². The molecule has 0 aliphatic carbocycles. The number of hydrogen-bond acceptors (Lipinski definition) is 2. The summed E-state index contributed by atoms with van der Waals surface area (Å²) in [6.07, 6.45) is 0. The van der Waals surface area contributed by atoms with Gasteiger partial charge in [0, 0.05) is 15.2 Å². The summed E-state index contributed by atoms with van der Waals surface area (Å²) in [5.41, 5.74) is 3.14. The van der Waals surface area contributed by atoms with Crippen molar-refractivity contribution < 1.29 is 5.11 Å². The van der Waals surface area contributed by atoms with Crippen molar-refractivity contribution in [1.29, 1.82) is 0 Å². The fourth-order valence-corrected chi connectivity index (χ4v) is 2.33. The molecule has 0 aliphatic rings. The third kappa shape index (κ3) is 3.72. The zero-order chi connectivity index (χ0) is 13.8. The molecule has 0 aliphatic heterocycles. The summed E-state index contributed by atoms with van der Waals surface area (Å²) in [5.74, 6) is 0. The van der Waals surface area contributed by atoms with Crippen LogP contribution in [0.15, 0.2) is 46.9 Å². The summed E-state index contributed by atoms with van der Waals surface area (Å²) in [7, 11) is 0. The Labute approximate surface area is 126 Å². The monoisotopic (exact) mass is 339 g/mol. The van der Waals surface area contributed by atoms with E-state index in [0.29, 0.717) is 5.02 Å². The van der Waals surface area contributed by atoms with Gasteiger partial charge in [-0.15, -0.1) is 0 Å². The Morgan fingerprint density at radius 3 is 2.47 bits per heavy atom. The van der Waals surface area contributed by atoms with Gasteiger partial charge in [0.05, 0.1) is 12.6 Å². The minimum Gasteiger partial charge on any atom is -0.394 e. The molecular weight excluding hydrogens is 326 g/mol. The van der Waals surface area contributed by atoms with Gasteiger partial charge in [0.1, 0.15) is 0 Å². The predicted molar refractivity (Wildman–Crippen MR) is 83.8 cm³/mol. The number of halogens is 2. The van der Waals surface area contributed by atoms with Gasteiger partial charge in [0.25, 0.3) is 0 Å². The molecule has 0 heterocycles. The Morgan fingerprint density at radius 2 is 1.89 bits per heavy atom. The summed E-state index contributed by atoms with van der Waals surface area (Å²) in [6.45, 7) is 2.06. The summed E-state index contributed by atoms with van der Waals surface area (Å²) in [4.78, 5) is 0. The van der Waals surface area contributed by atoms with Crippen LogP contribution in [-0.2, 0) is 0 Å². The smallest absolute Gasteiger partial charge is 0.0745 e. The molecule has 1 atom stereocenters. The molecule has 0 saturated heterocycles. The average molecular weight is 341 g/mol. The van der Waals surface area contributed by atoms with Crippen molar-refractivity contribution in [2.45, 2.75) is 13.0 Å². The number of aliphatic hydroxyl groups is 1. The van der Waals surface area contributed by atoms with E-state index in [9.17, 15) is 5.11 Å². The number of aliphatic hydroxyl groups excluding tert-OH is 1. The minimum atomic E-state index is -0.141. The van der Waals surface area contributed by atoms with Gasteiger partial charge in [0.15, 0.2) is 0 Å². The summed E-state index contributed by atoms with van der Waals surface area (Å²) in [5, 5.41) is 13.5. The van der Waals surface area contributed by atoms with Gasteiger partial charge < -0.3 is 10.4 Å². The third-order valence-corrected chi connectivity index (χ3v) is 4.07. The first kappa shape index (κ1) is 14.4. The lowest BCUT2D eigenvalue weighted by Crippen LogP contribution is -2.14. The number of nitrogens with one attached hydrogen (secondary N) is 1. The van der Waals surface area contributed by atoms with Gasteiger partial charge in [-0.3, -0.25) is 0 Å². The van der Waals surface area contributed by atoms with Gasteiger partial charge in [-0.1, -0.05) is 39.7 Å². The molecule has 1 unspecified atom stereocenters. The van der Waals surface area contributed by atoms with Crippen molar-refractivity contribution in [3.63, 3.8) is 0 Å². The van der Waals surface area contributed by atoms with Crippen LogP contribution in [0, 0.1) is 6.92 Å². The second-order valence-electron chi connectivity index (χ2n) is 4.40. The van der Waals surface area contributed by atoms with Crippen molar-refractivity contribution in [1.82, 2.24) is 0 Å². The van der Waals surface area contributed by atoms with E-state index < -0.39 is 0 Å². The molecule has 2 aromatic rings. The lowest BCUT2D eigenvalue weighted by molar-refractivity contribution is 0.276. The molecule has 0 bridgehead atoms. The van der Waals surface area contributed by atoms with Crippen molar-refractivity contribution in [3.8, 4) is 0 Å². The van der Waals surface area contributed by atoms with Gasteiger partial charge in [-0.05, 0) is 48.4 Å². The SMILES string of the molecule is Cc1ccc(C(CO)Nc2ccc(Cl)cc2)cc1Br. The molecule has 4 heteroatoms. The number of benzene rings is 2. The second kappa shape index (κ2) is 6.42. The fraction of sp³-hybridized carbons (Fsp3) is 0.200. The molecule has 2 N–H and O–H groups in total. The highest BCUT2D eigenvalue weighted by Crippen LogP contribution is 2.25. The van der Waals surface area contributed by atoms with E-state index in [1.54, 1.807) is 0 Å². The standard InChI is InChI=1S/C15H15BrClNO/c1-10-2-3-11(8-14(10)16)15(9-19)18-13-6-4-12(17)5-7-13/h2-8,15,18-19H,9H2,1H3. The topological polar surface area (TPSA) is 32.3 Å². The van der Waals surface area contributed by atoms with Gasteiger partial charge in [0.2, 0.25) is 0 Å². The minimum absolute atomic E-state index is 0.0259. The Kier molecular flexibility index (Phi) is 4.86. The maximum Gasteiger partial charge on any atom is 0.0745 e. The van der Waals surface area contributed by atoms with E-state index >= 15 is 0 Å². The van der Waals surface area contributed by atoms with E-state index in [1.807, 2.05) is 49.4 Å².